The van der Waals surface area contributed by atoms with E-state index in [1.807, 2.05) is 54.6 Å². The van der Waals surface area contributed by atoms with Crippen LogP contribution in [0.2, 0.25) is 0 Å². The molecule has 1 amide bonds. The molecule has 26 heavy (non-hydrogen) atoms. The number of guanidine groups is 1. The third kappa shape index (κ3) is 3.72. The van der Waals surface area contributed by atoms with Crippen LogP contribution in [-0.4, -0.2) is 17.4 Å². The zero-order chi connectivity index (χ0) is 18.5. The van der Waals surface area contributed by atoms with E-state index >= 15 is 0 Å². The molecule has 0 unspecified atom stereocenters. The van der Waals surface area contributed by atoms with Crippen molar-refractivity contribution >= 4 is 29.0 Å². The molecule has 1 heterocycles. The summed E-state index contributed by atoms with van der Waals surface area (Å²) in [7, 11) is 0. The van der Waals surface area contributed by atoms with Gasteiger partial charge in [-0.2, -0.15) is 0 Å². The molecule has 0 radical (unpaired) electrons. The van der Waals surface area contributed by atoms with Gasteiger partial charge in [0.25, 0.3) is 0 Å². The highest BCUT2D eigenvalue weighted by molar-refractivity contribution is 5.99. The van der Waals surface area contributed by atoms with Crippen LogP contribution in [0.3, 0.4) is 0 Å². The maximum absolute atomic E-state index is 10.7. The van der Waals surface area contributed by atoms with Crippen molar-refractivity contribution in [2.24, 2.45) is 16.6 Å². The zero-order valence-corrected chi connectivity index (χ0v) is 14.9. The lowest BCUT2D eigenvalue weighted by atomic mass is 9.94. The molecule has 1 aromatic heterocycles. The van der Waals surface area contributed by atoms with Crippen LogP contribution < -0.4 is 11.1 Å². The maximum atomic E-state index is 10.7. The smallest absolute Gasteiger partial charge is 0.213 e. The lowest BCUT2D eigenvalue weighted by molar-refractivity contribution is -0.108. The topological polar surface area (TPSA) is 80.4 Å². The molecule has 0 bridgehead atoms. The minimum absolute atomic E-state index is 0.0698. The number of amides is 1. The van der Waals surface area contributed by atoms with E-state index in [9.17, 15) is 4.79 Å². The summed E-state index contributed by atoms with van der Waals surface area (Å²) in [6, 6.07) is 17.9. The van der Waals surface area contributed by atoms with Gasteiger partial charge in [0, 0.05) is 16.5 Å². The summed E-state index contributed by atoms with van der Waals surface area (Å²) < 4.78 is 0. The molecule has 0 fully saturated rings. The summed E-state index contributed by atoms with van der Waals surface area (Å²) in [5, 5.41) is 3.34. The van der Waals surface area contributed by atoms with Gasteiger partial charge in [0.1, 0.15) is 0 Å². The molecular weight excluding hydrogens is 324 g/mol. The number of benzene rings is 2. The molecule has 0 spiro atoms. The van der Waals surface area contributed by atoms with Gasteiger partial charge in [0.05, 0.1) is 16.9 Å². The molecule has 5 nitrogen and oxygen atoms in total. The van der Waals surface area contributed by atoms with E-state index in [-0.39, 0.29) is 5.96 Å². The van der Waals surface area contributed by atoms with Crippen molar-refractivity contribution in [3.05, 3.63) is 60.2 Å². The number of nitrogens with one attached hydrogen (secondary N) is 1. The number of rotatable bonds is 5. The molecule has 0 aliphatic heterocycles. The molecular formula is C21H22N4O. The number of carbonyl (C=O) groups excluding carboxylic acids is 1. The van der Waals surface area contributed by atoms with Crippen molar-refractivity contribution in [2.75, 3.05) is 0 Å². The molecule has 132 valence electrons. The predicted molar refractivity (Wildman–Crippen MR) is 106 cm³/mol. The number of aliphatic imine (C=N–C) groups is 1. The Labute approximate surface area is 153 Å². The number of aromatic nitrogens is 1. The maximum Gasteiger partial charge on any atom is 0.213 e. The van der Waals surface area contributed by atoms with E-state index in [1.54, 1.807) is 0 Å². The van der Waals surface area contributed by atoms with Crippen molar-refractivity contribution in [2.45, 2.75) is 20.3 Å². The number of nitrogens with zero attached hydrogens (tertiary/aromatic N) is 2. The number of pyridine rings is 1. The van der Waals surface area contributed by atoms with Gasteiger partial charge in [-0.3, -0.25) is 10.1 Å². The van der Waals surface area contributed by atoms with Crippen LogP contribution in [0.4, 0.5) is 5.69 Å². The summed E-state index contributed by atoms with van der Waals surface area (Å²) in [5.74, 6) is 0.481. The second-order valence-electron chi connectivity index (χ2n) is 6.53. The summed E-state index contributed by atoms with van der Waals surface area (Å²) in [5.41, 5.74) is 10.4. The van der Waals surface area contributed by atoms with Gasteiger partial charge in [0.2, 0.25) is 6.41 Å². The first-order valence-corrected chi connectivity index (χ1v) is 8.61. The highest BCUT2D eigenvalue weighted by Gasteiger charge is 2.17. The van der Waals surface area contributed by atoms with Crippen LogP contribution in [0.15, 0.2) is 59.6 Å². The Morgan fingerprint density at radius 2 is 1.85 bits per heavy atom. The van der Waals surface area contributed by atoms with E-state index in [2.05, 4.69) is 24.2 Å². The SMILES string of the molecule is CC(C)Cc1c(-c2ccccc2)nc2ccccc2c1N=C(N)NC=O. The lowest BCUT2D eigenvalue weighted by Crippen LogP contribution is -2.29. The molecule has 3 rings (SSSR count). The Kier molecular flexibility index (Phi) is 5.27. The molecule has 0 saturated heterocycles. The average Bonchev–Trinajstić information content (AvgIpc) is 2.64. The highest BCUT2D eigenvalue weighted by atomic mass is 16.1. The number of fused-ring (bicyclic) bond motifs is 1. The normalized spacial score (nSPS) is 11.7. The lowest BCUT2D eigenvalue weighted by Gasteiger charge is -2.17. The number of para-hydroxylation sites is 1. The highest BCUT2D eigenvalue weighted by Crippen LogP contribution is 2.37. The number of carbonyl (C=O) groups is 1. The van der Waals surface area contributed by atoms with E-state index in [0.717, 1.165) is 39.8 Å². The van der Waals surface area contributed by atoms with Gasteiger partial charge < -0.3 is 5.73 Å². The summed E-state index contributed by atoms with van der Waals surface area (Å²) in [6.07, 6.45) is 1.33. The van der Waals surface area contributed by atoms with Gasteiger partial charge in [0.15, 0.2) is 5.96 Å². The molecule has 0 aliphatic carbocycles. The Morgan fingerprint density at radius 3 is 2.54 bits per heavy atom. The molecule has 0 saturated carbocycles. The number of hydrogen-bond acceptors (Lipinski definition) is 3. The Balaban J connectivity index is 2.36. The first-order valence-electron chi connectivity index (χ1n) is 8.61. The summed E-state index contributed by atoms with van der Waals surface area (Å²) in [4.78, 5) is 20.2. The molecule has 3 aromatic rings. The van der Waals surface area contributed by atoms with E-state index in [1.165, 1.54) is 0 Å². The van der Waals surface area contributed by atoms with Crippen LogP contribution in [0.25, 0.3) is 22.2 Å². The monoisotopic (exact) mass is 346 g/mol. The first-order chi connectivity index (χ1) is 12.6. The molecule has 0 atom stereocenters. The minimum atomic E-state index is 0.0698. The molecule has 2 aromatic carbocycles. The Bertz CT molecular complexity index is 949. The van der Waals surface area contributed by atoms with Crippen LogP contribution in [0, 0.1) is 5.92 Å². The van der Waals surface area contributed by atoms with Crippen LogP contribution in [0.5, 0.6) is 0 Å². The van der Waals surface area contributed by atoms with Gasteiger partial charge in [-0.15, -0.1) is 0 Å². The van der Waals surface area contributed by atoms with Gasteiger partial charge in [-0.25, -0.2) is 9.98 Å². The Hall–Kier alpha value is -3.21. The standard InChI is InChI=1S/C21H22N4O/c1-14(2)12-17-19(15-8-4-3-5-9-15)24-18-11-7-6-10-16(18)20(17)25-21(22)23-13-26/h3-11,13-14H,12H2,1-2H3,(H3,22,23,24,25,26). The molecule has 3 N–H and O–H groups in total. The van der Waals surface area contributed by atoms with Crippen molar-refractivity contribution < 1.29 is 4.79 Å². The van der Waals surface area contributed by atoms with Crippen molar-refractivity contribution in [3.63, 3.8) is 0 Å². The third-order valence-electron chi connectivity index (χ3n) is 4.06. The quantitative estimate of drug-likeness (QED) is 0.419. The van der Waals surface area contributed by atoms with E-state index in [0.29, 0.717) is 12.3 Å². The minimum Gasteiger partial charge on any atom is -0.369 e. The largest absolute Gasteiger partial charge is 0.369 e. The van der Waals surface area contributed by atoms with Gasteiger partial charge in [-0.1, -0.05) is 62.4 Å². The van der Waals surface area contributed by atoms with Gasteiger partial charge in [-0.05, 0) is 18.4 Å². The molecule has 0 aliphatic rings. The van der Waals surface area contributed by atoms with Crippen LogP contribution >= 0.6 is 0 Å². The predicted octanol–water partition coefficient (Wildman–Crippen LogP) is 3.79. The number of hydrogen-bond donors (Lipinski definition) is 2. The third-order valence-corrected chi connectivity index (χ3v) is 4.06. The fraction of sp³-hybridized carbons (Fsp3) is 0.190. The van der Waals surface area contributed by atoms with Crippen LogP contribution in [-0.2, 0) is 11.2 Å². The van der Waals surface area contributed by atoms with E-state index < -0.39 is 0 Å². The second kappa shape index (κ2) is 7.78. The zero-order valence-electron chi connectivity index (χ0n) is 14.9. The van der Waals surface area contributed by atoms with Gasteiger partial charge >= 0.3 is 0 Å². The van der Waals surface area contributed by atoms with Crippen LogP contribution in [0.1, 0.15) is 19.4 Å². The summed E-state index contributed by atoms with van der Waals surface area (Å²) >= 11 is 0. The Morgan fingerprint density at radius 1 is 1.15 bits per heavy atom. The first kappa shape index (κ1) is 17.6. The fourth-order valence-corrected chi connectivity index (χ4v) is 3.01. The summed E-state index contributed by atoms with van der Waals surface area (Å²) in [6.45, 7) is 4.31. The number of nitrogens with two attached hydrogens (primary N) is 1. The van der Waals surface area contributed by atoms with E-state index in [4.69, 9.17) is 10.7 Å². The molecule has 5 heteroatoms. The fourth-order valence-electron chi connectivity index (χ4n) is 3.01. The van der Waals surface area contributed by atoms with Crippen molar-refractivity contribution in [3.8, 4) is 11.3 Å². The average molecular weight is 346 g/mol. The van der Waals surface area contributed by atoms with Crippen molar-refractivity contribution in [1.29, 1.82) is 0 Å². The second-order valence-corrected chi connectivity index (χ2v) is 6.53. The van der Waals surface area contributed by atoms with Crippen molar-refractivity contribution in [1.82, 2.24) is 10.3 Å².